The molecule has 0 heterocycles. The van der Waals surface area contributed by atoms with E-state index in [2.05, 4.69) is 364 Å². The second-order valence-electron chi connectivity index (χ2n) is 42.7. The molecule has 6 fully saturated rings. The van der Waals surface area contributed by atoms with Crippen LogP contribution >= 0.6 is 11.6 Å². The second-order valence-corrected chi connectivity index (χ2v) is 48.0. The number of hydrogen-bond donors (Lipinski definition) is 0. The minimum atomic E-state index is -2.13. The number of halogens is 6. The van der Waals surface area contributed by atoms with Gasteiger partial charge in [-0.3, -0.25) is 0 Å². The predicted molar refractivity (Wildman–Crippen MR) is 575 cm³/mol. The highest BCUT2D eigenvalue weighted by atomic mass is 35.5. The first-order valence-electron chi connectivity index (χ1n) is 52.3. The van der Waals surface area contributed by atoms with Gasteiger partial charge >= 0.3 is 0 Å². The van der Waals surface area contributed by atoms with E-state index < -0.39 is 42.7 Å². The van der Waals surface area contributed by atoms with E-state index in [-0.39, 0.29) is 0 Å². The fourth-order valence-electron chi connectivity index (χ4n) is 12.6. The van der Waals surface area contributed by atoms with Crippen molar-refractivity contribution in [3.63, 3.8) is 0 Å². The first-order chi connectivity index (χ1) is 57.9. The van der Waals surface area contributed by atoms with Crippen molar-refractivity contribution in [2.45, 2.75) is 517 Å². The summed E-state index contributed by atoms with van der Waals surface area (Å²) in [6, 6.07) is 12.9. The van der Waals surface area contributed by atoms with Gasteiger partial charge in [-0.2, -0.15) is 0 Å². The largest absolute Gasteiger partial charge is 0.203 e. The van der Waals surface area contributed by atoms with Crippen molar-refractivity contribution >= 4 is 19.7 Å². The van der Waals surface area contributed by atoms with Gasteiger partial charge in [0.1, 0.15) is 0 Å². The molecule has 6 aliphatic carbocycles. The van der Waals surface area contributed by atoms with Crippen LogP contribution in [-0.2, 0) is 0 Å². The van der Waals surface area contributed by atoms with Crippen LogP contribution in [0.15, 0.2) is 60.3 Å². The first-order valence-corrected chi connectivity index (χ1v) is 56.4. The van der Waals surface area contributed by atoms with E-state index in [1.807, 2.05) is 20.8 Å². The van der Waals surface area contributed by atoms with Crippen LogP contribution in [0.25, 0.3) is 0 Å². The molecular formula is C118H230ClF5Si. The van der Waals surface area contributed by atoms with Gasteiger partial charge in [0.05, 0.1) is 8.07 Å². The Hall–Kier alpha value is -2.70. The van der Waals surface area contributed by atoms with E-state index in [1.165, 1.54) is 213 Å². The molecule has 0 nitrogen and oxygen atoms in total. The Balaban J connectivity index is -0.000000141. The zero-order chi connectivity index (χ0) is 100.0. The van der Waals surface area contributed by atoms with Gasteiger partial charge in [0, 0.05) is 11.4 Å². The zero-order valence-corrected chi connectivity index (χ0v) is 95.7. The third kappa shape index (κ3) is 90.3. The fraction of sp³-hybridized carbons (Fsp3) is 0.814. The summed E-state index contributed by atoms with van der Waals surface area (Å²) < 4.78 is 61.6. The minimum absolute atomic E-state index is 0.500. The molecule has 3 aromatic rings. The summed E-state index contributed by atoms with van der Waals surface area (Å²) in [6.07, 6.45) is 47.1. The van der Waals surface area contributed by atoms with Gasteiger partial charge in [0.25, 0.3) is 0 Å². The number of aryl methyl sites for hydroxylation is 5. The monoisotopic (exact) mass is 1810 g/mol. The van der Waals surface area contributed by atoms with E-state index in [1.54, 1.807) is 0 Å². The molecule has 0 amide bonds. The number of allylic oxidation sites excluding steroid dienone is 3. The summed E-state index contributed by atoms with van der Waals surface area (Å²) in [4.78, 5) is 0. The van der Waals surface area contributed by atoms with Gasteiger partial charge in [-0.25, -0.2) is 22.0 Å². The molecular weight excluding hydrogens is 1580 g/mol. The van der Waals surface area contributed by atoms with Crippen molar-refractivity contribution in [3.8, 4) is 0 Å². The van der Waals surface area contributed by atoms with Crippen LogP contribution in [0.5, 0.6) is 0 Å². The Morgan fingerprint density at radius 3 is 0.976 bits per heavy atom. The summed E-state index contributed by atoms with van der Waals surface area (Å²) in [7, 11) is -0.888. The molecule has 0 aliphatic heterocycles. The first kappa shape index (κ1) is 143. The van der Waals surface area contributed by atoms with Crippen LogP contribution in [0.1, 0.15) is 488 Å². The van der Waals surface area contributed by atoms with Crippen LogP contribution in [-0.4, -0.2) is 14.0 Å². The topological polar surface area (TPSA) is 0 Å². The van der Waals surface area contributed by atoms with Gasteiger partial charge in [-0.1, -0.05) is 513 Å². The van der Waals surface area contributed by atoms with Gasteiger partial charge in [0.2, 0.25) is 5.82 Å². The molecule has 0 radical (unpaired) electrons. The van der Waals surface area contributed by atoms with Crippen molar-refractivity contribution in [1.29, 1.82) is 0 Å². The smallest absolute Gasteiger partial charge is 0.200 e. The molecule has 0 saturated heterocycles. The fourth-order valence-corrected chi connectivity index (χ4v) is 13.7. The number of fused-ring (bicyclic) bond motifs is 2. The molecule has 3 aromatic carbocycles. The highest BCUT2D eigenvalue weighted by Gasteiger charge is 2.55. The van der Waals surface area contributed by atoms with Crippen LogP contribution in [0.3, 0.4) is 0 Å². The van der Waals surface area contributed by atoms with Gasteiger partial charge in [0.15, 0.2) is 23.3 Å². The molecule has 0 aromatic heterocycles. The molecule has 7 heteroatoms. The Bertz CT molecular complexity index is 2590. The lowest BCUT2D eigenvalue weighted by Crippen LogP contribution is -2.54. The lowest BCUT2D eigenvalue weighted by Gasteiger charge is -2.61. The number of benzene rings is 3. The second kappa shape index (κ2) is 90.5. The van der Waals surface area contributed by atoms with Crippen LogP contribution < -0.4 is 0 Å². The van der Waals surface area contributed by atoms with Gasteiger partial charge < -0.3 is 0 Å². The highest BCUT2D eigenvalue weighted by molar-refractivity contribution is 6.80. The maximum atomic E-state index is 12.4. The summed E-state index contributed by atoms with van der Waals surface area (Å²) in [5.41, 5.74) is 11.0. The molecule has 125 heavy (non-hydrogen) atoms. The molecule has 6 saturated carbocycles. The predicted octanol–water partition coefficient (Wildman–Crippen LogP) is 43.9. The highest BCUT2D eigenvalue weighted by Crippen LogP contribution is 2.62. The Morgan fingerprint density at radius 2 is 0.792 bits per heavy atom. The summed E-state index contributed by atoms with van der Waals surface area (Å²) >= 11 is 5.45. The molecule has 0 spiro atoms. The number of alkyl halides is 1. The van der Waals surface area contributed by atoms with Crippen molar-refractivity contribution in [2.24, 2.45) is 106 Å². The van der Waals surface area contributed by atoms with E-state index in [4.69, 9.17) is 11.6 Å². The Labute approximate surface area is 793 Å². The SMILES string of the molecule is CC.CC(C)C(C)(C)C.CC(C)C(C)C.CC1CCCC1.CC1CCCCC1.CC1CCCCC1C.CC1C[C@@H]2C[C@H]([C@H]1C)C2(C)C.CC=CCC.CCC.CCC(C)C.CCC(C)CC.CCC(C)CCl.CCCC(C)C.CCCC(C)CC.CCCC/C=C/[Si](C)(C)C.Cc1c(F)c(F)c(F)c(F)c1F.Cc1cc(C)c(C)c(C)c1.Cc1ccc(C)cc1. The van der Waals surface area contributed by atoms with E-state index in [0.717, 1.165) is 108 Å². The van der Waals surface area contributed by atoms with Gasteiger partial charge in [-0.15, -0.1) is 11.6 Å². The lowest BCUT2D eigenvalue weighted by molar-refractivity contribution is -0.124. The Morgan fingerprint density at radius 1 is 0.448 bits per heavy atom. The minimum Gasteiger partial charge on any atom is -0.203 e. The molecule has 6 aliphatic rings. The van der Waals surface area contributed by atoms with Crippen LogP contribution in [0.2, 0.25) is 19.6 Å². The van der Waals surface area contributed by atoms with E-state index in [0.29, 0.717) is 16.7 Å². The zero-order valence-electron chi connectivity index (χ0n) is 94.0. The lowest BCUT2D eigenvalue weighted by atomic mass is 9.44. The third-order valence-corrected chi connectivity index (χ3v) is 27.7. The average molecular weight is 1810 g/mol. The molecule has 0 N–H and O–H groups in total. The molecule has 5 unspecified atom stereocenters. The molecule has 9 rings (SSSR count). The number of rotatable bonds is 16. The molecule has 2 bridgehead atoms. The maximum absolute atomic E-state index is 12.4. The average Bonchev–Trinajstić information content (AvgIpc) is 0.866. The van der Waals surface area contributed by atoms with Crippen molar-refractivity contribution < 1.29 is 22.0 Å². The van der Waals surface area contributed by atoms with Crippen LogP contribution in [0.4, 0.5) is 22.0 Å². The molecule has 8 atom stereocenters. The van der Waals surface area contributed by atoms with E-state index >= 15 is 0 Å². The summed E-state index contributed by atoms with van der Waals surface area (Å²) in [5.74, 6) is 6.31. The molecule has 748 valence electrons. The summed E-state index contributed by atoms with van der Waals surface area (Å²) in [5, 5.41) is 0. The standard InChI is InChI=1S/C11H20.C10H14.C9H20Si.C8H10.C8H16.C7H3F5.C7H14.2C7H16.C6H12.3C6H14.C5H11Cl.C5H12.C5H10.C3H8.C2H6/c1-7-5-9-6-10(8(7)2)11(9,3)4;1-7-5-8(2)10(4)9(3)6-7;1-5-6-7-8-9-10(2,3)4;1-7-3-5-8(2)6-4-7;1-7-5-3-4-6-8(7)2;1-2-3(8)5(10)7(12)6(11)4(2)9;1-7-5-3-2-4-6-7;1-6(2)7(3,4)5;1-4-6-7(3)5-2;1-6-4-2-3-5-6;1-5(2)6(3)4;1-4-5-6(2)3;1-4-6(3)5-2;1-3-5(2)4-6;1-4-5(2)3;1-3-5-4-2;1-3-2;1-2/h7-10H,5-6H2,1-4H3;5-6H,1-4H3;8-9H,5-7H2,1-4H3;3-6H,1-2H3;7-8H,3-6H2,1-2H3;1H3;7H,2-6H2,1H3;6H,1-5H3;7H,4-6H2,1-3H3;6H,2-5H2,1H3;5-6H,1-4H3;2*6H,4-5H2,1-3H3;5H,3-4H2,1-2H3;5H,4H2,1-3H3;3,5H,4H2,1-2H3;3H2,1-2H3;1-2H3/b;;9-8+;;;;;;;;;;;;;;;/t7?,8-,9+,10+;;;;;;;;;;;;;;;;;/m0................./s1. The summed E-state index contributed by atoms with van der Waals surface area (Å²) in [6.45, 7) is 106. The van der Waals surface area contributed by atoms with Crippen molar-refractivity contribution in [3.05, 3.63) is 128 Å². The van der Waals surface area contributed by atoms with E-state index in [9.17, 15) is 22.0 Å². The van der Waals surface area contributed by atoms with Gasteiger partial charge in [-0.05, 0) is 203 Å². The van der Waals surface area contributed by atoms with Crippen molar-refractivity contribution in [2.75, 3.05) is 5.88 Å². The maximum Gasteiger partial charge on any atom is 0.200 e. The Kier molecular flexibility index (Phi) is 103. The van der Waals surface area contributed by atoms with Crippen LogP contribution in [0, 0.1) is 183 Å². The third-order valence-electron chi connectivity index (χ3n) is 25.9. The number of unbranched alkanes of at least 4 members (excludes halogenated alkanes) is 2. The normalized spacial score (nSPS) is 18.0. The number of hydrogen-bond acceptors (Lipinski definition) is 0. The quantitative estimate of drug-likeness (QED) is 0.0255. The van der Waals surface area contributed by atoms with Crippen molar-refractivity contribution in [1.82, 2.24) is 0 Å².